The highest BCUT2D eigenvalue weighted by atomic mass is 15.0. The maximum Gasteiger partial charge on any atom is 0.164 e. The van der Waals surface area contributed by atoms with Crippen molar-refractivity contribution in [2.75, 3.05) is 0 Å². The molecule has 0 spiro atoms. The zero-order chi connectivity index (χ0) is 40.7. The Balaban J connectivity index is 1.00. The monoisotopic (exact) mass is 793 g/mol. The minimum atomic E-state index is 0.654. The SMILES string of the molecule is C1=Cc2c(c3c(ccc4c5c(n(-c6ccc7cc(-c8nc(-c9ccccc9)nc(-c9ccc%10ccccc%10c9)n8)ccc7c6)c43)CCc3ccccc3-5)n2-c2ccccc2)CC1. The zero-order valence-electron chi connectivity index (χ0n) is 34.0. The van der Waals surface area contributed by atoms with E-state index >= 15 is 0 Å². The van der Waals surface area contributed by atoms with Gasteiger partial charge in [0.2, 0.25) is 0 Å². The summed E-state index contributed by atoms with van der Waals surface area (Å²) in [6.07, 6.45) is 8.72. The quantitative estimate of drug-likeness (QED) is 0.174. The summed E-state index contributed by atoms with van der Waals surface area (Å²) in [5, 5.41) is 7.33. The Morgan fingerprint density at radius 2 is 1.10 bits per heavy atom. The van der Waals surface area contributed by atoms with Gasteiger partial charge in [-0.3, -0.25) is 0 Å². The van der Waals surface area contributed by atoms with Crippen LogP contribution in [0.4, 0.5) is 0 Å². The molecule has 8 aromatic carbocycles. The number of rotatable bonds is 5. The van der Waals surface area contributed by atoms with Gasteiger partial charge in [0, 0.05) is 55.8 Å². The van der Waals surface area contributed by atoms with Gasteiger partial charge >= 0.3 is 0 Å². The summed E-state index contributed by atoms with van der Waals surface area (Å²) in [7, 11) is 0. The lowest BCUT2D eigenvalue weighted by Gasteiger charge is -2.20. The molecule has 0 amide bonds. The molecule has 0 atom stereocenters. The van der Waals surface area contributed by atoms with Gasteiger partial charge in [0.15, 0.2) is 17.5 Å². The summed E-state index contributed by atoms with van der Waals surface area (Å²) < 4.78 is 5.08. The highest BCUT2D eigenvalue weighted by Crippen LogP contribution is 2.47. The molecule has 11 aromatic rings. The number of allylic oxidation sites excluding steroid dienone is 1. The molecule has 5 heteroatoms. The van der Waals surface area contributed by atoms with Crippen LogP contribution in [0.1, 0.15) is 28.9 Å². The molecule has 13 rings (SSSR count). The number of nitrogens with zero attached hydrogens (tertiary/aromatic N) is 5. The van der Waals surface area contributed by atoms with E-state index in [2.05, 4.69) is 179 Å². The molecule has 5 nitrogen and oxygen atoms in total. The second-order valence-corrected chi connectivity index (χ2v) is 16.6. The van der Waals surface area contributed by atoms with Crippen LogP contribution in [-0.4, -0.2) is 24.1 Å². The fraction of sp³-hybridized carbons (Fsp3) is 0.0702. The molecule has 0 N–H and O–H groups in total. The van der Waals surface area contributed by atoms with Gasteiger partial charge in [0.25, 0.3) is 0 Å². The summed E-state index contributed by atoms with van der Waals surface area (Å²) in [5.74, 6) is 1.97. The van der Waals surface area contributed by atoms with Gasteiger partial charge in [-0.1, -0.05) is 140 Å². The summed E-state index contributed by atoms with van der Waals surface area (Å²) in [6.45, 7) is 0. The minimum absolute atomic E-state index is 0.654. The largest absolute Gasteiger partial charge is 0.312 e. The highest BCUT2D eigenvalue weighted by molar-refractivity contribution is 6.15. The first-order valence-corrected chi connectivity index (χ1v) is 21.6. The van der Waals surface area contributed by atoms with Crippen LogP contribution in [0.2, 0.25) is 0 Å². The normalized spacial score (nSPS) is 13.2. The van der Waals surface area contributed by atoms with E-state index in [4.69, 9.17) is 15.0 Å². The Labute approximate surface area is 358 Å². The first kappa shape index (κ1) is 34.9. The molecule has 3 heterocycles. The number of fused-ring (bicyclic) bond motifs is 11. The molecule has 3 aromatic heterocycles. The molecule has 62 heavy (non-hydrogen) atoms. The number of benzene rings is 8. The third-order valence-electron chi connectivity index (χ3n) is 13.1. The van der Waals surface area contributed by atoms with Crippen molar-refractivity contribution in [1.82, 2.24) is 24.1 Å². The van der Waals surface area contributed by atoms with Crippen LogP contribution in [0.5, 0.6) is 0 Å². The molecular formula is C57H39N5. The van der Waals surface area contributed by atoms with Crippen molar-refractivity contribution < 1.29 is 0 Å². The third-order valence-corrected chi connectivity index (χ3v) is 13.1. The Kier molecular flexibility index (Phi) is 7.79. The minimum Gasteiger partial charge on any atom is -0.312 e. The zero-order valence-corrected chi connectivity index (χ0v) is 34.0. The number of hydrogen-bond donors (Lipinski definition) is 0. The van der Waals surface area contributed by atoms with E-state index in [0.29, 0.717) is 17.5 Å². The number of para-hydroxylation sites is 1. The summed E-state index contributed by atoms with van der Waals surface area (Å²) in [6, 6.07) is 63.3. The van der Waals surface area contributed by atoms with Crippen molar-refractivity contribution in [3.8, 4) is 56.7 Å². The Morgan fingerprint density at radius 1 is 0.452 bits per heavy atom. The third kappa shape index (κ3) is 5.45. The van der Waals surface area contributed by atoms with E-state index in [-0.39, 0.29) is 0 Å². The molecule has 0 radical (unpaired) electrons. The predicted molar refractivity (Wildman–Crippen MR) is 255 cm³/mol. The van der Waals surface area contributed by atoms with E-state index in [9.17, 15) is 0 Å². The van der Waals surface area contributed by atoms with Crippen molar-refractivity contribution >= 4 is 49.4 Å². The van der Waals surface area contributed by atoms with Crippen LogP contribution in [-0.2, 0) is 19.3 Å². The molecule has 0 bridgehead atoms. The van der Waals surface area contributed by atoms with Gasteiger partial charge in [-0.15, -0.1) is 0 Å². The van der Waals surface area contributed by atoms with Gasteiger partial charge in [-0.25, -0.2) is 15.0 Å². The number of aromatic nitrogens is 5. The van der Waals surface area contributed by atoms with Gasteiger partial charge in [-0.2, -0.15) is 0 Å². The van der Waals surface area contributed by atoms with Crippen LogP contribution in [0, 0.1) is 0 Å². The number of hydrogen-bond acceptors (Lipinski definition) is 3. The summed E-state index contributed by atoms with van der Waals surface area (Å²) >= 11 is 0. The van der Waals surface area contributed by atoms with Crippen LogP contribution in [0.3, 0.4) is 0 Å². The van der Waals surface area contributed by atoms with E-state index in [1.54, 1.807) is 0 Å². The predicted octanol–water partition coefficient (Wildman–Crippen LogP) is 13.8. The first-order chi connectivity index (χ1) is 30.7. The molecule has 2 aliphatic carbocycles. The highest BCUT2D eigenvalue weighted by Gasteiger charge is 2.29. The van der Waals surface area contributed by atoms with Crippen LogP contribution >= 0.6 is 0 Å². The summed E-state index contributed by atoms with van der Waals surface area (Å²) in [4.78, 5) is 15.2. The topological polar surface area (TPSA) is 48.5 Å². The molecule has 0 saturated heterocycles. The van der Waals surface area contributed by atoms with E-state index in [1.165, 1.54) is 77.6 Å². The van der Waals surface area contributed by atoms with Gasteiger partial charge in [0.05, 0.1) is 11.0 Å². The van der Waals surface area contributed by atoms with Crippen molar-refractivity contribution in [2.24, 2.45) is 0 Å². The maximum absolute atomic E-state index is 5.13. The number of aryl methyl sites for hydroxylation is 2. The second-order valence-electron chi connectivity index (χ2n) is 16.6. The standard InChI is InChI=1S/C57H39N5/c1-3-15-38(16-4-1)55-58-56(42-25-23-36-13-7-8-17-39(36)33-42)60-57(59-55)43-26-24-41-35-45(29-27-40(41)34-43)62-50-31-28-37-14-9-10-20-46(37)52(50)48-30-32-51-53(54(48)62)47-21-11-12-22-49(47)61(51)44-18-5-2-6-19-44/h1-10,12-20,22-27,29-30,32-35H,11,21,28,31H2. The Morgan fingerprint density at radius 3 is 1.90 bits per heavy atom. The van der Waals surface area contributed by atoms with Gasteiger partial charge in [-0.05, 0) is 112 Å². The molecular weight excluding hydrogens is 755 g/mol. The van der Waals surface area contributed by atoms with Gasteiger partial charge in [0.1, 0.15) is 0 Å². The van der Waals surface area contributed by atoms with Crippen LogP contribution < -0.4 is 0 Å². The second kappa shape index (κ2) is 13.8. The van der Waals surface area contributed by atoms with E-state index in [1.807, 2.05) is 18.2 Å². The van der Waals surface area contributed by atoms with E-state index < -0.39 is 0 Å². The molecule has 2 aliphatic rings. The average Bonchev–Trinajstić information content (AvgIpc) is 3.87. The molecule has 0 unspecified atom stereocenters. The molecule has 292 valence electrons. The van der Waals surface area contributed by atoms with Crippen molar-refractivity contribution in [2.45, 2.75) is 25.7 Å². The fourth-order valence-corrected chi connectivity index (χ4v) is 10.2. The summed E-state index contributed by atoms with van der Waals surface area (Å²) in [5.41, 5.74) is 16.1. The van der Waals surface area contributed by atoms with Crippen molar-refractivity contribution in [1.29, 1.82) is 0 Å². The smallest absolute Gasteiger partial charge is 0.164 e. The Bertz CT molecular complexity index is 3630. The van der Waals surface area contributed by atoms with Crippen molar-refractivity contribution in [3.05, 3.63) is 205 Å². The Hall–Kier alpha value is -7.89. The molecule has 0 aliphatic heterocycles. The van der Waals surface area contributed by atoms with E-state index in [0.717, 1.165) is 53.1 Å². The maximum atomic E-state index is 5.13. The van der Waals surface area contributed by atoms with Crippen LogP contribution in [0.25, 0.3) is 106 Å². The molecule has 0 saturated carbocycles. The average molecular weight is 794 g/mol. The first-order valence-electron chi connectivity index (χ1n) is 21.6. The lowest BCUT2D eigenvalue weighted by atomic mass is 9.88. The lowest BCUT2D eigenvalue weighted by Crippen LogP contribution is -2.08. The fourth-order valence-electron chi connectivity index (χ4n) is 10.2. The van der Waals surface area contributed by atoms with Crippen LogP contribution in [0.15, 0.2) is 182 Å². The molecule has 0 fully saturated rings. The van der Waals surface area contributed by atoms with Gasteiger partial charge < -0.3 is 9.13 Å². The lowest BCUT2D eigenvalue weighted by molar-refractivity contribution is 0.867. The van der Waals surface area contributed by atoms with Crippen molar-refractivity contribution in [3.63, 3.8) is 0 Å².